The van der Waals surface area contributed by atoms with Crippen LogP contribution in [0.5, 0.6) is 0 Å². The molecule has 0 bridgehead atoms. The maximum absolute atomic E-state index is 4.65. The molecule has 1 aliphatic carbocycles. The molecule has 0 saturated carbocycles. The third kappa shape index (κ3) is 2.52. The molecule has 2 aliphatic rings. The zero-order valence-corrected chi connectivity index (χ0v) is 10.5. The molecule has 1 aliphatic heterocycles. The van der Waals surface area contributed by atoms with Crippen LogP contribution in [0.4, 0.5) is 0 Å². The number of fused-ring (bicyclic) bond motifs is 1. The van der Waals surface area contributed by atoms with Gasteiger partial charge in [0.15, 0.2) is 0 Å². The van der Waals surface area contributed by atoms with Crippen LogP contribution < -0.4 is 5.32 Å². The van der Waals surface area contributed by atoms with Crippen LogP contribution in [0, 0.1) is 5.92 Å². The Bertz CT molecular complexity index is 369. The van der Waals surface area contributed by atoms with E-state index in [0.29, 0.717) is 0 Å². The third-order valence-corrected chi connectivity index (χ3v) is 4.33. The zero-order chi connectivity index (χ0) is 11.5. The van der Waals surface area contributed by atoms with E-state index < -0.39 is 0 Å². The predicted molar refractivity (Wildman–Crippen MR) is 70.1 cm³/mol. The molecule has 2 heteroatoms. The van der Waals surface area contributed by atoms with Gasteiger partial charge in [0.2, 0.25) is 0 Å². The lowest BCUT2D eigenvalue weighted by atomic mass is 9.79. The SMILES string of the molecule is c1cnc2c(c1)CCC[C@@H]2C[C@@H]1CCCNC1. The lowest BCUT2D eigenvalue weighted by Crippen LogP contribution is -2.31. The molecular formula is C15H22N2. The Hall–Kier alpha value is -0.890. The van der Waals surface area contributed by atoms with Gasteiger partial charge in [-0.3, -0.25) is 4.98 Å². The summed E-state index contributed by atoms with van der Waals surface area (Å²) in [4.78, 5) is 4.65. The zero-order valence-electron chi connectivity index (χ0n) is 10.5. The Morgan fingerprint density at radius 3 is 3.18 bits per heavy atom. The van der Waals surface area contributed by atoms with Gasteiger partial charge in [-0.25, -0.2) is 0 Å². The molecule has 2 atom stereocenters. The van der Waals surface area contributed by atoms with Crippen molar-refractivity contribution in [3.05, 3.63) is 29.6 Å². The number of piperidine rings is 1. The highest BCUT2D eigenvalue weighted by Gasteiger charge is 2.25. The highest BCUT2D eigenvalue weighted by atomic mass is 14.9. The van der Waals surface area contributed by atoms with Crippen LogP contribution >= 0.6 is 0 Å². The summed E-state index contributed by atoms with van der Waals surface area (Å²) in [6.07, 6.45) is 10.0. The topological polar surface area (TPSA) is 24.9 Å². The standard InChI is InChI=1S/C15H22N2/c1-5-13-7-3-9-17-15(13)14(6-1)10-12-4-2-8-16-11-12/h3,7,9,12,14,16H,1-2,4-6,8,10-11H2/t12-,14+/m0/s1. The first-order valence-electron chi connectivity index (χ1n) is 7.08. The maximum Gasteiger partial charge on any atom is 0.0466 e. The molecule has 92 valence electrons. The summed E-state index contributed by atoms with van der Waals surface area (Å²) in [7, 11) is 0. The third-order valence-electron chi connectivity index (χ3n) is 4.33. The van der Waals surface area contributed by atoms with Crippen LogP contribution in [-0.2, 0) is 6.42 Å². The van der Waals surface area contributed by atoms with Crippen molar-refractivity contribution in [3.8, 4) is 0 Å². The van der Waals surface area contributed by atoms with Crippen molar-refractivity contribution in [2.75, 3.05) is 13.1 Å². The molecule has 1 aromatic rings. The minimum atomic E-state index is 0.727. The second kappa shape index (κ2) is 5.18. The minimum absolute atomic E-state index is 0.727. The van der Waals surface area contributed by atoms with Crippen LogP contribution in [0.3, 0.4) is 0 Å². The van der Waals surface area contributed by atoms with Gasteiger partial charge in [0.05, 0.1) is 0 Å². The smallest absolute Gasteiger partial charge is 0.0466 e. The quantitative estimate of drug-likeness (QED) is 0.845. The lowest BCUT2D eigenvalue weighted by Gasteiger charge is -2.30. The van der Waals surface area contributed by atoms with Crippen LogP contribution in [0.25, 0.3) is 0 Å². The van der Waals surface area contributed by atoms with Gasteiger partial charge in [-0.05, 0) is 69.2 Å². The van der Waals surface area contributed by atoms with E-state index in [1.165, 1.54) is 62.9 Å². The van der Waals surface area contributed by atoms with Crippen molar-refractivity contribution in [3.63, 3.8) is 0 Å². The Balaban J connectivity index is 1.71. The van der Waals surface area contributed by atoms with Crippen molar-refractivity contribution >= 4 is 0 Å². The van der Waals surface area contributed by atoms with Gasteiger partial charge in [0.1, 0.15) is 0 Å². The number of aryl methyl sites for hydroxylation is 1. The summed E-state index contributed by atoms with van der Waals surface area (Å²) < 4.78 is 0. The molecule has 0 radical (unpaired) electrons. The highest BCUT2D eigenvalue weighted by Crippen LogP contribution is 2.35. The summed E-state index contributed by atoms with van der Waals surface area (Å²) in [5, 5.41) is 3.53. The van der Waals surface area contributed by atoms with Crippen LogP contribution in [0.2, 0.25) is 0 Å². The van der Waals surface area contributed by atoms with E-state index in [1.54, 1.807) is 0 Å². The monoisotopic (exact) mass is 230 g/mol. The Morgan fingerprint density at radius 2 is 2.29 bits per heavy atom. The molecular weight excluding hydrogens is 208 g/mol. The largest absolute Gasteiger partial charge is 0.316 e. The first kappa shape index (κ1) is 11.2. The predicted octanol–water partition coefficient (Wildman–Crippen LogP) is 2.89. The van der Waals surface area contributed by atoms with Crippen LogP contribution in [-0.4, -0.2) is 18.1 Å². The average molecular weight is 230 g/mol. The number of rotatable bonds is 2. The van der Waals surface area contributed by atoms with Gasteiger partial charge in [-0.1, -0.05) is 6.07 Å². The van der Waals surface area contributed by atoms with E-state index in [0.717, 1.165) is 11.8 Å². The van der Waals surface area contributed by atoms with Crippen molar-refractivity contribution in [1.29, 1.82) is 0 Å². The van der Waals surface area contributed by atoms with Gasteiger partial charge >= 0.3 is 0 Å². The van der Waals surface area contributed by atoms with Gasteiger partial charge < -0.3 is 5.32 Å². The number of hydrogen-bond donors (Lipinski definition) is 1. The Kier molecular flexibility index (Phi) is 3.41. The fourth-order valence-corrected chi connectivity index (χ4v) is 3.46. The molecule has 1 aromatic heterocycles. The molecule has 2 nitrogen and oxygen atoms in total. The van der Waals surface area contributed by atoms with Crippen molar-refractivity contribution < 1.29 is 0 Å². The average Bonchev–Trinajstić information content (AvgIpc) is 2.40. The van der Waals surface area contributed by atoms with E-state index in [2.05, 4.69) is 22.4 Å². The first-order chi connectivity index (χ1) is 8.43. The fraction of sp³-hybridized carbons (Fsp3) is 0.667. The first-order valence-corrected chi connectivity index (χ1v) is 7.08. The fourth-order valence-electron chi connectivity index (χ4n) is 3.46. The Morgan fingerprint density at radius 1 is 1.29 bits per heavy atom. The number of nitrogens with zero attached hydrogens (tertiary/aromatic N) is 1. The van der Waals surface area contributed by atoms with Gasteiger partial charge in [0.25, 0.3) is 0 Å². The van der Waals surface area contributed by atoms with Gasteiger partial charge in [-0.15, -0.1) is 0 Å². The van der Waals surface area contributed by atoms with E-state index in [-0.39, 0.29) is 0 Å². The molecule has 1 N–H and O–H groups in total. The molecule has 17 heavy (non-hydrogen) atoms. The number of aromatic nitrogens is 1. The summed E-state index contributed by atoms with van der Waals surface area (Å²) in [5.41, 5.74) is 2.91. The molecule has 1 saturated heterocycles. The van der Waals surface area contributed by atoms with E-state index in [4.69, 9.17) is 0 Å². The molecule has 0 amide bonds. The number of nitrogens with one attached hydrogen (secondary N) is 1. The second-order valence-corrected chi connectivity index (χ2v) is 5.58. The van der Waals surface area contributed by atoms with Gasteiger partial charge in [0, 0.05) is 17.8 Å². The molecule has 0 spiro atoms. The molecule has 0 unspecified atom stereocenters. The van der Waals surface area contributed by atoms with E-state index in [9.17, 15) is 0 Å². The van der Waals surface area contributed by atoms with Crippen LogP contribution in [0.15, 0.2) is 18.3 Å². The van der Waals surface area contributed by atoms with Crippen molar-refractivity contribution in [1.82, 2.24) is 10.3 Å². The molecule has 3 rings (SSSR count). The molecule has 0 aromatic carbocycles. The second-order valence-electron chi connectivity index (χ2n) is 5.58. The van der Waals surface area contributed by atoms with Gasteiger partial charge in [-0.2, -0.15) is 0 Å². The summed E-state index contributed by atoms with van der Waals surface area (Å²) in [5.74, 6) is 1.60. The van der Waals surface area contributed by atoms with Crippen molar-refractivity contribution in [2.24, 2.45) is 5.92 Å². The summed E-state index contributed by atoms with van der Waals surface area (Å²) >= 11 is 0. The normalized spacial score (nSPS) is 28.7. The highest BCUT2D eigenvalue weighted by molar-refractivity contribution is 5.25. The number of hydrogen-bond acceptors (Lipinski definition) is 2. The lowest BCUT2D eigenvalue weighted by molar-refractivity contribution is 0.320. The molecule has 1 fully saturated rings. The van der Waals surface area contributed by atoms with Crippen molar-refractivity contribution in [2.45, 2.75) is 44.4 Å². The number of pyridine rings is 1. The van der Waals surface area contributed by atoms with Crippen LogP contribution in [0.1, 0.15) is 49.3 Å². The van der Waals surface area contributed by atoms with E-state index in [1.807, 2.05) is 6.20 Å². The minimum Gasteiger partial charge on any atom is -0.316 e. The van der Waals surface area contributed by atoms with E-state index >= 15 is 0 Å². The summed E-state index contributed by atoms with van der Waals surface area (Å²) in [6.45, 7) is 2.44. The Labute approximate surface area is 104 Å². The summed E-state index contributed by atoms with van der Waals surface area (Å²) in [6, 6.07) is 4.36. The maximum atomic E-state index is 4.65. The molecule has 2 heterocycles.